The molecule has 4 aliphatic rings. The maximum Gasteiger partial charge on any atom is 0.347 e. The minimum atomic E-state index is -1.37. The number of allylic oxidation sites excluding steroid dienone is 3. The molecule has 11 rings (SSSR count). The summed E-state index contributed by atoms with van der Waals surface area (Å²) in [5.74, 6) is -0.880. The Hall–Kier alpha value is -7.18. The van der Waals surface area contributed by atoms with Gasteiger partial charge in [0.1, 0.15) is 28.7 Å². The van der Waals surface area contributed by atoms with E-state index in [0.717, 1.165) is 25.1 Å². The van der Waals surface area contributed by atoms with Crippen molar-refractivity contribution >= 4 is 61.7 Å². The molecule has 1 N–H and O–H groups in total. The first-order chi connectivity index (χ1) is 32.1. The predicted octanol–water partition coefficient (Wildman–Crippen LogP) is 5.82. The van der Waals surface area contributed by atoms with Crippen molar-refractivity contribution in [2.45, 2.75) is 52.2 Å². The highest BCUT2D eigenvalue weighted by Crippen LogP contribution is 2.60. The van der Waals surface area contributed by atoms with Crippen LogP contribution in [0.25, 0.3) is 31.7 Å². The average Bonchev–Trinajstić information content (AvgIpc) is 3.98. The highest BCUT2D eigenvalue weighted by Gasteiger charge is 2.66. The third-order valence-corrected chi connectivity index (χ3v) is 15.7. The monoisotopic (exact) mass is 942 g/mol. The highest BCUT2D eigenvalue weighted by molar-refractivity contribution is 7.22. The number of methoxy groups -OCH3 is 2. The number of halogens is 1. The second-order valence-corrected chi connectivity index (χ2v) is 19.2. The second kappa shape index (κ2) is 15.2. The van der Waals surface area contributed by atoms with Gasteiger partial charge in [-0.2, -0.15) is 5.10 Å². The number of hydrogen-bond acceptors (Lipinski definition) is 12. The molecule has 67 heavy (non-hydrogen) atoms. The van der Waals surface area contributed by atoms with Crippen molar-refractivity contribution in [2.75, 3.05) is 19.1 Å². The number of hydrogen-bond donors (Lipinski definition) is 1. The fourth-order valence-electron chi connectivity index (χ4n) is 10.9. The number of aryl methyl sites for hydroxylation is 4. The first-order valence-electron chi connectivity index (χ1n) is 21.7. The Balaban J connectivity index is 0.987. The molecule has 0 spiro atoms. The molecule has 4 aromatic heterocycles. The number of anilines is 1. The van der Waals surface area contributed by atoms with Crippen LogP contribution >= 0.6 is 22.9 Å². The Bertz CT molecular complexity index is 3590. The van der Waals surface area contributed by atoms with Gasteiger partial charge in [0.25, 0.3) is 5.56 Å². The Labute approximate surface area is 389 Å². The van der Waals surface area contributed by atoms with Gasteiger partial charge in [0.2, 0.25) is 11.8 Å². The van der Waals surface area contributed by atoms with E-state index >= 15 is 9.59 Å². The van der Waals surface area contributed by atoms with Crippen molar-refractivity contribution in [1.82, 2.24) is 33.3 Å². The molecule has 17 nitrogen and oxygen atoms in total. The number of imide groups is 1. The van der Waals surface area contributed by atoms with Crippen LogP contribution in [0.2, 0.25) is 5.02 Å². The van der Waals surface area contributed by atoms with Crippen molar-refractivity contribution in [2.24, 2.45) is 31.3 Å². The molecule has 342 valence electrons. The lowest BCUT2D eigenvalue weighted by atomic mass is 9.56. The second-order valence-electron chi connectivity index (χ2n) is 17.7. The van der Waals surface area contributed by atoms with Crippen LogP contribution in [0.15, 0.2) is 92.5 Å². The summed E-state index contributed by atoms with van der Waals surface area (Å²) >= 11 is 7.90. The fourth-order valence-corrected chi connectivity index (χ4v) is 12.2. The summed E-state index contributed by atoms with van der Waals surface area (Å²) in [6.07, 6.45) is 3.76. The molecule has 7 aromatic rings. The highest BCUT2D eigenvalue weighted by atomic mass is 35.5. The van der Waals surface area contributed by atoms with Crippen LogP contribution in [0.4, 0.5) is 5.82 Å². The summed E-state index contributed by atoms with van der Waals surface area (Å²) in [4.78, 5) is 79.8. The predicted molar refractivity (Wildman–Crippen MR) is 250 cm³/mol. The van der Waals surface area contributed by atoms with Crippen LogP contribution in [0.1, 0.15) is 36.2 Å². The lowest BCUT2D eigenvalue weighted by Crippen LogP contribution is -2.51. The molecule has 19 heteroatoms. The molecule has 0 unspecified atom stereocenters. The van der Waals surface area contributed by atoms with E-state index in [9.17, 15) is 19.5 Å². The summed E-state index contributed by atoms with van der Waals surface area (Å²) in [5, 5.41) is 16.9. The molecule has 3 aromatic carbocycles. The average molecular weight is 943 g/mol. The van der Waals surface area contributed by atoms with E-state index in [2.05, 4.69) is 4.98 Å². The van der Waals surface area contributed by atoms with E-state index < -0.39 is 52.0 Å². The summed E-state index contributed by atoms with van der Waals surface area (Å²) < 4.78 is 24.9. The molecule has 2 amide bonds. The smallest absolute Gasteiger partial charge is 0.347 e. The van der Waals surface area contributed by atoms with Gasteiger partial charge < -0.3 is 23.9 Å². The molecular formula is C48H43ClN8O9S. The molecule has 1 saturated carbocycles. The third-order valence-electron chi connectivity index (χ3n) is 14.2. The molecule has 0 bridgehead atoms. The van der Waals surface area contributed by atoms with Crippen molar-refractivity contribution in [1.29, 1.82) is 0 Å². The normalized spacial score (nSPS) is 20.9. The van der Waals surface area contributed by atoms with Crippen LogP contribution in [0, 0.1) is 24.2 Å². The zero-order valence-electron chi connectivity index (χ0n) is 37.2. The van der Waals surface area contributed by atoms with Crippen LogP contribution in [0.3, 0.4) is 0 Å². The van der Waals surface area contributed by atoms with Gasteiger partial charge in [-0.15, -0.1) is 11.3 Å². The number of phenols is 1. The van der Waals surface area contributed by atoms with Gasteiger partial charge in [-0.1, -0.05) is 17.7 Å². The minimum absolute atomic E-state index is 0.00392. The standard InChI is InChI=1S/C48H43ClN8O9S/c1-23-29-17-26(49)7-10-39(29)67-42(23)33-20-40(53(4)51-33)56-43(59)30-18-34-28(41(48(30,2)45(56)61)25-15-24-16-27(58)8-9-36(24)66-22-25)11-14-55-46(62)54(47(63)57(34)55)13-12-31-44(60)52(3)35-21-38(65-6)37(64-5)19-32(35)50-31/h7-11,16-17,19-22,30,34,41,58H,12-15,18H2,1-6H3/t30-,34+,41-,48+/m0/s1. The summed E-state index contributed by atoms with van der Waals surface area (Å²) in [5.41, 5.74) is 1.76. The first-order valence-corrected chi connectivity index (χ1v) is 22.8. The molecule has 4 atom stereocenters. The fraction of sp³-hybridized carbons (Fsp3) is 0.312. The number of fused-ring (bicyclic) bond motifs is 7. The van der Waals surface area contributed by atoms with Crippen LogP contribution < -0.4 is 36.0 Å². The van der Waals surface area contributed by atoms with Crippen molar-refractivity contribution < 1.29 is 28.9 Å². The Kier molecular flexibility index (Phi) is 9.62. The number of rotatable bonds is 8. The van der Waals surface area contributed by atoms with Gasteiger partial charge in [-0.25, -0.2) is 33.4 Å². The Morgan fingerprint density at radius 2 is 1.76 bits per heavy atom. The SMILES string of the molecule is COc1cc2nc(CCn3c(=O)n4n(c3=O)[C@@H]3C[C@H]5C(=O)N(c6cc(-c7sc8ccc(Cl)cc8c7C)nn6C)C(=O)[C@@]5(C)[C@@H](C5=COc6ccc(O)cc6C5)C3=CC4)c(=O)n(C)c2cc1OC. The Morgan fingerprint density at radius 1 is 0.985 bits per heavy atom. The number of nitrogens with zero attached hydrogens (tertiary/aromatic N) is 8. The zero-order valence-corrected chi connectivity index (χ0v) is 38.8. The van der Waals surface area contributed by atoms with Gasteiger partial charge in [0, 0.05) is 72.9 Å². The van der Waals surface area contributed by atoms with Crippen LogP contribution in [0.5, 0.6) is 23.0 Å². The quantitative estimate of drug-likeness (QED) is 0.143. The van der Waals surface area contributed by atoms with Crippen molar-refractivity contribution in [3.8, 4) is 33.6 Å². The number of ether oxygens (including phenoxy) is 3. The lowest BCUT2D eigenvalue weighted by molar-refractivity contribution is -0.130. The van der Waals surface area contributed by atoms with Gasteiger partial charge >= 0.3 is 11.4 Å². The number of thiophene rings is 1. The summed E-state index contributed by atoms with van der Waals surface area (Å²) in [6.45, 7) is 3.64. The number of phenolic OH excluding ortho intramolecular Hbond substituents is 1. The molecule has 7 heterocycles. The molecule has 2 fully saturated rings. The summed E-state index contributed by atoms with van der Waals surface area (Å²) in [6, 6.07) is 14.8. The number of amides is 2. The topological polar surface area (TPSA) is 187 Å². The van der Waals surface area contributed by atoms with Gasteiger partial charge in [-0.3, -0.25) is 19.1 Å². The van der Waals surface area contributed by atoms with E-state index in [4.69, 9.17) is 30.9 Å². The number of benzene rings is 3. The molecular weight excluding hydrogens is 900 g/mol. The zero-order chi connectivity index (χ0) is 47.0. The van der Waals surface area contributed by atoms with Crippen LogP contribution in [-0.2, 0) is 49.6 Å². The molecule has 3 aliphatic heterocycles. The summed E-state index contributed by atoms with van der Waals surface area (Å²) in [7, 11) is 6.31. The number of aromatic nitrogens is 7. The maximum absolute atomic E-state index is 15.4. The van der Waals surface area contributed by atoms with Crippen molar-refractivity contribution in [3.05, 3.63) is 131 Å². The number of aromatic hydroxyl groups is 1. The van der Waals surface area contributed by atoms with E-state index in [1.165, 1.54) is 39.1 Å². The van der Waals surface area contributed by atoms with E-state index in [1.807, 2.05) is 31.2 Å². The molecule has 1 aliphatic carbocycles. The van der Waals surface area contributed by atoms with Crippen molar-refractivity contribution in [3.63, 3.8) is 0 Å². The third kappa shape index (κ3) is 6.14. The van der Waals surface area contributed by atoms with E-state index in [-0.39, 0.29) is 43.8 Å². The number of carbonyl (C=O) groups excluding carboxylic acids is 2. The maximum atomic E-state index is 15.4. The Morgan fingerprint density at radius 3 is 2.54 bits per heavy atom. The first kappa shape index (κ1) is 42.5. The molecule has 0 radical (unpaired) electrons. The van der Waals surface area contributed by atoms with Gasteiger partial charge in [0.05, 0.1) is 60.3 Å². The van der Waals surface area contributed by atoms with E-state index in [0.29, 0.717) is 61.5 Å². The largest absolute Gasteiger partial charge is 0.508 e. The minimum Gasteiger partial charge on any atom is -0.508 e. The van der Waals surface area contributed by atoms with Gasteiger partial charge in [-0.05, 0) is 78.8 Å². The lowest BCUT2D eigenvalue weighted by Gasteiger charge is -2.48. The van der Waals surface area contributed by atoms with E-state index in [1.54, 1.807) is 73.6 Å². The molecule has 1 saturated heterocycles. The van der Waals surface area contributed by atoms with Gasteiger partial charge in [0.15, 0.2) is 11.5 Å². The number of carbonyl (C=O) groups is 2. The van der Waals surface area contributed by atoms with Crippen LogP contribution in [-0.4, -0.2) is 64.4 Å².